The molecule has 1 aliphatic heterocycles. The van der Waals surface area contributed by atoms with E-state index in [-0.39, 0.29) is 23.3 Å². The van der Waals surface area contributed by atoms with Gasteiger partial charge in [-0.2, -0.15) is 0 Å². The van der Waals surface area contributed by atoms with E-state index in [1.807, 2.05) is 0 Å². The maximum atomic E-state index is 13.0. The molecule has 5 nitrogen and oxygen atoms in total. The zero-order valence-electron chi connectivity index (χ0n) is 15.8. The van der Waals surface area contributed by atoms with Crippen molar-refractivity contribution < 1.29 is 22.3 Å². The smallest absolute Gasteiger partial charge is 0.215 e. The van der Waals surface area contributed by atoms with E-state index < -0.39 is 10.0 Å². The molecule has 27 heavy (non-hydrogen) atoms. The summed E-state index contributed by atoms with van der Waals surface area (Å²) < 4.78 is 51.9. The maximum absolute atomic E-state index is 13.0. The molecule has 1 aromatic carbocycles. The van der Waals surface area contributed by atoms with Crippen molar-refractivity contribution in [1.82, 2.24) is 4.72 Å². The van der Waals surface area contributed by atoms with E-state index in [1.54, 1.807) is 0 Å². The van der Waals surface area contributed by atoms with Gasteiger partial charge in [-0.1, -0.05) is 37.8 Å². The molecule has 7 heteroatoms. The quantitative estimate of drug-likeness (QED) is 0.534. The second-order valence-electron chi connectivity index (χ2n) is 7.73. The summed E-state index contributed by atoms with van der Waals surface area (Å²) in [6.07, 6.45) is 8.53. The monoisotopic (exact) mass is 399 g/mol. The molecule has 0 unspecified atom stereocenters. The minimum absolute atomic E-state index is 0.00932. The van der Waals surface area contributed by atoms with Gasteiger partial charge in [-0.05, 0) is 43.4 Å². The van der Waals surface area contributed by atoms with Gasteiger partial charge >= 0.3 is 0 Å². The van der Waals surface area contributed by atoms with E-state index in [4.69, 9.17) is 9.47 Å². The molecule has 0 atom stereocenters. The second-order valence-corrected chi connectivity index (χ2v) is 9.54. The van der Waals surface area contributed by atoms with Crippen molar-refractivity contribution in [3.05, 3.63) is 35.6 Å². The molecule has 1 saturated carbocycles. The van der Waals surface area contributed by atoms with Crippen molar-refractivity contribution in [1.29, 1.82) is 0 Å². The summed E-state index contributed by atoms with van der Waals surface area (Å²) in [6, 6.07) is 5.57. The maximum Gasteiger partial charge on any atom is 0.215 e. The predicted molar refractivity (Wildman–Crippen MR) is 102 cm³/mol. The number of hydrogen-bond acceptors (Lipinski definition) is 4. The molecule has 0 radical (unpaired) electrons. The number of halogens is 1. The van der Waals surface area contributed by atoms with Crippen LogP contribution in [0.15, 0.2) is 24.3 Å². The van der Waals surface area contributed by atoms with E-state index in [0.717, 1.165) is 25.7 Å². The largest absolute Gasteiger partial charge is 0.350 e. The summed E-state index contributed by atoms with van der Waals surface area (Å²) in [5.74, 6) is -0.498. The standard InChI is InChI=1S/C20H30FNO4S/c21-18-8-6-17(7-9-18)16-27(23,24)22-13-5-12-20(19-25-14-15-26-19)10-3-1-2-4-11-20/h6-9,19,22H,1-5,10-16H2. The average molecular weight is 400 g/mol. The highest BCUT2D eigenvalue weighted by molar-refractivity contribution is 7.88. The van der Waals surface area contributed by atoms with Crippen LogP contribution in [0.2, 0.25) is 0 Å². The van der Waals surface area contributed by atoms with Crippen molar-refractivity contribution in [2.75, 3.05) is 19.8 Å². The first kappa shape index (κ1) is 20.7. The molecule has 0 bridgehead atoms. The van der Waals surface area contributed by atoms with Gasteiger partial charge in [-0.3, -0.25) is 0 Å². The topological polar surface area (TPSA) is 64.6 Å². The molecule has 0 spiro atoms. The third kappa shape index (κ3) is 5.98. The van der Waals surface area contributed by atoms with Crippen molar-refractivity contribution >= 4 is 10.0 Å². The highest BCUT2D eigenvalue weighted by Crippen LogP contribution is 2.44. The highest BCUT2D eigenvalue weighted by atomic mass is 32.2. The van der Waals surface area contributed by atoms with Crippen molar-refractivity contribution in [3.63, 3.8) is 0 Å². The van der Waals surface area contributed by atoms with Gasteiger partial charge < -0.3 is 9.47 Å². The highest BCUT2D eigenvalue weighted by Gasteiger charge is 2.42. The lowest BCUT2D eigenvalue weighted by atomic mass is 9.75. The van der Waals surface area contributed by atoms with Crippen LogP contribution >= 0.6 is 0 Å². The fraction of sp³-hybridized carbons (Fsp3) is 0.700. The summed E-state index contributed by atoms with van der Waals surface area (Å²) in [5.41, 5.74) is 0.590. The van der Waals surface area contributed by atoms with Crippen LogP contribution in [-0.2, 0) is 25.2 Å². The third-order valence-electron chi connectivity index (χ3n) is 5.66. The van der Waals surface area contributed by atoms with Gasteiger partial charge in [0.05, 0.1) is 19.0 Å². The van der Waals surface area contributed by atoms with Crippen molar-refractivity contribution in [2.24, 2.45) is 5.41 Å². The molecule has 1 aromatic rings. The lowest BCUT2D eigenvalue weighted by Gasteiger charge is -2.37. The lowest BCUT2D eigenvalue weighted by Crippen LogP contribution is -2.37. The van der Waals surface area contributed by atoms with E-state index >= 15 is 0 Å². The average Bonchev–Trinajstić information content (AvgIpc) is 3.08. The van der Waals surface area contributed by atoms with Gasteiger partial charge in [0.15, 0.2) is 6.29 Å². The molecule has 0 aromatic heterocycles. The Bertz CT molecular complexity index is 678. The molecule has 0 amide bonds. The fourth-order valence-corrected chi connectivity index (χ4v) is 5.46. The summed E-state index contributed by atoms with van der Waals surface area (Å²) in [5, 5.41) is 0. The minimum atomic E-state index is -3.43. The molecule has 1 aliphatic carbocycles. The lowest BCUT2D eigenvalue weighted by molar-refractivity contribution is -0.143. The van der Waals surface area contributed by atoms with Gasteiger partial charge in [0, 0.05) is 12.0 Å². The minimum Gasteiger partial charge on any atom is -0.350 e. The number of nitrogens with one attached hydrogen (secondary N) is 1. The zero-order chi connectivity index (χ0) is 19.2. The Balaban J connectivity index is 1.51. The molecular formula is C20H30FNO4S. The van der Waals surface area contributed by atoms with Crippen LogP contribution < -0.4 is 4.72 Å². The van der Waals surface area contributed by atoms with Crippen molar-refractivity contribution in [2.45, 2.75) is 63.4 Å². The molecule has 2 fully saturated rings. The van der Waals surface area contributed by atoms with Crippen LogP contribution in [0, 0.1) is 11.2 Å². The van der Waals surface area contributed by atoms with Crippen molar-refractivity contribution in [3.8, 4) is 0 Å². The Kier molecular flexibility index (Phi) is 7.25. The first-order valence-corrected chi connectivity index (χ1v) is 11.6. The van der Waals surface area contributed by atoms with Crippen LogP contribution in [0.25, 0.3) is 0 Å². The number of benzene rings is 1. The number of ether oxygens (including phenoxy) is 2. The van der Waals surface area contributed by atoms with Crippen LogP contribution in [0.1, 0.15) is 56.9 Å². The Hall–Kier alpha value is -1.02. The van der Waals surface area contributed by atoms with Gasteiger partial charge in [0.2, 0.25) is 10.0 Å². The molecule has 152 valence electrons. The molecule has 1 N–H and O–H groups in total. The van der Waals surface area contributed by atoms with Crippen LogP contribution in [0.4, 0.5) is 4.39 Å². The summed E-state index contributed by atoms with van der Waals surface area (Å²) in [4.78, 5) is 0. The first-order valence-electron chi connectivity index (χ1n) is 9.94. The summed E-state index contributed by atoms with van der Waals surface area (Å²) >= 11 is 0. The van der Waals surface area contributed by atoms with Gasteiger partial charge in [0.1, 0.15) is 5.82 Å². The Morgan fingerprint density at radius 1 is 1.04 bits per heavy atom. The Morgan fingerprint density at radius 3 is 2.30 bits per heavy atom. The Labute approximate surface area is 161 Å². The fourth-order valence-electron chi connectivity index (χ4n) is 4.27. The zero-order valence-corrected chi connectivity index (χ0v) is 16.6. The van der Waals surface area contributed by atoms with Crippen LogP contribution in [0.5, 0.6) is 0 Å². The molecule has 2 aliphatic rings. The molecular weight excluding hydrogens is 369 g/mol. The molecule has 1 saturated heterocycles. The van der Waals surface area contributed by atoms with Crippen LogP contribution in [-0.4, -0.2) is 34.5 Å². The number of rotatable bonds is 8. The summed E-state index contributed by atoms with van der Waals surface area (Å²) in [7, 11) is -3.43. The van der Waals surface area contributed by atoms with E-state index in [0.29, 0.717) is 25.3 Å². The molecule has 3 rings (SSSR count). The summed E-state index contributed by atoms with van der Waals surface area (Å²) in [6.45, 7) is 1.70. The predicted octanol–water partition coefficient (Wildman–Crippen LogP) is 3.74. The third-order valence-corrected chi connectivity index (χ3v) is 7.02. The van der Waals surface area contributed by atoms with E-state index in [2.05, 4.69) is 4.72 Å². The van der Waals surface area contributed by atoms with E-state index in [1.165, 1.54) is 49.9 Å². The Morgan fingerprint density at radius 2 is 1.67 bits per heavy atom. The van der Waals surface area contributed by atoms with Gasteiger partial charge in [-0.15, -0.1) is 0 Å². The van der Waals surface area contributed by atoms with Gasteiger partial charge in [0.25, 0.3) is 0 Å². The van der Waals surface area contributed by atoms with Crippen LogP contribution in [0.3, 0.4) is 0 Å². The second kappa shape index (κ2) is 9.45. The molecule has 1 heterocycles. The van der Waals surface area contributed by atoms with E-state index in [9.17, 15) is 12.8 Å². The first-order chi connectivity index (χ1) is 13.0. The normalized spacial score (nSPS) is 21.2. The van der Waals surface area contributed by atoms with Gasteiger partial charge in [-0.25, -0.2) is 17.5 Å². The number of hydrogen-bond donors (Lipinski definition) is 1. The SMILES string of the molecule is O=S(=O)(Cc1ccc(F)cc1)NCCCC1(C2OCCO2)CCCCCC1. The number of sulfonamides is 1.